The van der Waals surface area contributed by atoms with Gasteiger partial charge in [-0.3, -0.25) is 4.79 Å². The molecule has 0 heterocycles. The Morgan fingerprint density at radius 2 is 1.93 bits per heavy atom. The number of nitrogens with two attached hydrogens (primary N) is 1. The van der Waals surface area contributed by atoms with E-state index in [9.17, 15) is 14.1 Å². The second-order valence-corrected chi connectivity index (χ2v) is 2.68. The second-order valence-electron chi connectivity index (χ2n) is 2.68. The molecule has 6 heteroatoms. The molecule has 1 aromatic rings. The van der Waals surface area contributed by atoms with Gasteiger partial charge in [-0.1, -0.05) is 21.8 Å². The Balaban J connectivity index is 3.21. The van der Waals surface area contributed by atoms with Crippen molar-refractivity contribution in [1.82, 2.24) is 0 Å². The second kappa shape index (κ2) is 4.32. The lowest BCUT2D eigenvalue weighted by Gasteiger charge is -2.00. The van der Waals surface area contributed by atoms with Crippen molar-refractivity contribution in [3.63, 3.8) is 0 Å². The topological polar surface area (TPSA) is 92.8 Å². The normalized spacial score (nSPS) is 11.1. The predicted molar refractivity (Wildman–Crippen MR) is 50.2 cm³/mol. The zero-order valence-electron chi connectivity index (χ0n) is 7.48. The minimum Gasteiger partial charge on any atom is -0.478 e. The Morgan fingerprint density at radius 3 is 2.40 bits per heavy atom. The van der Waals surface area contributed by atoms with E-state index in [0.717, 1.165) is 6.07 Å². The highest BCUT2D eigenvalue weighted by Crippen LogP contribution is 2.07. The Labute approximate surface area is 84.0 Å². The molecule has 1 amide bonds. The van der Waals surface area contributed by atoms with Gasteiger partial charge in [0.15, 0.2) is 5.71 Å². The lowest BCUT2D eigenvalue weighted by molar-refractivity contribution is -0.112. The number of hydrogen-bond donors (Lipinski definition) is 2. The van der Waals surface area contributed by atoms with Gasteiger partial charge in [-0.2, -0.15) is 0 Å². The maximum absolute atomic E-state index is 12.1. The van der Waals surface area contributed by atoms with Crippen LogP contribution >= 0.6 is 0 Å². The summed E-state index contributed by atoms with van der Waals surface area (Å²) in [5.74, 6) is -2.24. The highest BCUT2D eigenvalue weighted by Gasteiger charge is 2.13. The third-order valence-corrected chi connectivity index (χ3v) is 1.70. The largest absolute Gasteiger partial charge is 0.478 e. The molecule has 5 nitrogen and oxygen atoms in total. The molecular weight excluding hydrogens is 203 g/mol. The van der Waals surface area contributed by atoms with E-state index in [2.05, 4.69) is 5.21 Å². The molecule has 3 N–H and O–H groups in total. The fraction of sp³-hybridized carbons (Fsp3) is 0. The quantitative estimate of drug-likeness (QED) is 0.713. The van der Waals surface area contributed by atoms with Crippen LogP contribution in [0, 0.1) is 0 Å². The lowest BCUT2D eigenvalue weighted by Crippen LogP contribution is -2.24. The zero-order chi connectivity index (χ0) is 11.4. The van der Waals surface area contributed by atoms with Crippen LogP contribution in [0.5, 0.6) is 0 Å². The summed E-state index contributed by atoms with van der Waals surface area (Å²) in [7, 11) is 0. The minimum atomic E-state index is -1.18. The number of amides is 1. The maximum atomic E-state index is 12.1. The van der Waals surface area contributed by atoms with E-state index >= 15 is 0 Å². The number of primary amides is 1. The first-order chi connectivity index (χ1) is 7.06. The Bertz CT molecular complexity index is 443. The lowest BCUT2D eigenvalue weighted by atomic mass is 10.1. The van der Waals surface area contributed by atoms with Crippen LogP contribution in [0.1, 0.15) is 15.9 Å². The Morgan fingerprint density at radius 1 is 1.33 bits per heavy atom. The van der Waals surface area contributed by atoms with Gasteiger partial charge in [-0.25, -0.2) is 4.79 Å². The van der Waals surface area contributed by atoms with Crippen molar-refractivity contribution in [2.24, 2.45) is 10.9 Å². The maximum Gasteiger partial charge on any atom is 0.335 e. The van der Waals surface area contributed by atoms with Gasteiger partial charge in [0.05, 0.1) is 5.56 Å². The van der Waals surface area contributed by atoms with Crippen LogP contribution in [0.3, 0.4) is 0 Å². The number of carbonyl (C=O) groups is 2. The van der Waals surface area contributed by atoms with Crippen LogP contribution in [-0.2, 0) is 4.79 Å². The molecule has 0 aliphatic heterocycles. The SMILES string of the molecule is NC(=O)C(=NF)c1cccc(C(=O)O)c1. The highest BCUT2D eigenvalue weighted by molar-refractivity contribution is 6.44. The molecule has 1 aromatic carbocycles. The molecule has 0 saturated carbocycles. The number of hydrogen-bond acceptors (Lipinski definition) is 3. The van der Waals surface area contributed by atoms with Gasteiger partial charge in [-0.15, -0.1) is 0 Å². The summed E-state index contributed by atoms with van der Waals surface area (Å²) in [5.41, 5.74) is 4.21. The van der Waals surface area contributed by atoms with Gasteiger partial charge >= 0.3 is 5.97 Å². The molecule has 0 atom stereocenters. The van der Waals surface area contributed by atoms with Crippen molar-refractivity contribution >= 4 is 17.6 Å². The van der Waals surface area contributed by atoms with E-state index in [1.807, 2.05) is 0 Å². The van der Waals surface area contributed by atoms with Crippen LogP contribution in [0.15, 0.2) is 29.5 Å². The number of halogens is 1. The summed E-state index contributed by atoms with van der Waals surface area (Å²) in [4.78, 5) is 21.3. The van der Waals surface area contributed by atoms with Gasteiger partial charge in [0.1, 0.15) is 0 Å². The summed E-state index contributed by atoms with van der Waals surface area (Å²) in [6.07, 6.45) is 0. The van der Waals surface area contributed by atoms with Gasteiger partial charge in [0.25, 0.3) is 5.91 Å². The van der Waals surface area contributed by atoms with E-state index < -0.39 is 17.6 Å². The van der Waals surface area contributed by atoms with Crippen LogP contribution in [-0.4, -0.2) is 22.7 Å². The minimum absolute atomic E-state index is 0.0323. The number of nitrogens with zero attached hydrogens (tertiary/aromatic N) is 1. The molecule has 0 radical (unpaired) electrons. The summed E-state index contributed by atoms with van der Waals surface area (Å²) in [5, 5.41) is 10.9. The molecule has 0 aromatic heterocycles. The molecule has 0 aliphatic rings. The van der Waals surface area contributed by atoms with Crippen LogP contribution in [0.4, 0.5) is 4.48 Å². The summed E-state index contributed by atoms with van der Waals surface area (Å²) in [6.45, 7) is 0. The molecule has 78 valence electrons. The molecule has 1 rings (SSSR count). The zero-order valence-corrected chi connectivity index (χ0v) is 7.48. The summed E-state index contributed by atoms with van der Waals surface area (Å²) < 4.78 is 12.1. The Kier molecular flexibility index (Phi) is 3.12. The van der Waals surface area contributed by atoms with E-state index in [0.29, 0.717) is 0 Å². The fourth-order valence-electron chi connectivity index (χ4n) is 1.03. The van der Waals surface area contributed by atoms with E-state index in [1.54, 1.807) is 0 Å². The van der Waals surface area contributed by atoms with E-state index in [1.165, 1.54) is 18.2 Å². The number of carboxylic acids is 1. The van der Waals surface area contributed by atoms with E-state index in [-0.39, 0.29) is 11.1 Å². The average molecular weight is 210 g/mol. The third kappa shape index (κ3) is 2.37. The predicted octanol–water partition coefficient (Wildman–Crippen LogP) is 0.544. The molecule has 0 unspecified atom stereocenters. The van der Waals surface area contributed by atoms with Gasteiger partial charge in [-0.05, 0) is 12.1 Å². The van der Waals surface area contributed by atoms with Crippen molar-refractivity contribution in [2.45, 2.75) is 0 Å². The van der Waals surface area contributed by atoms with Crippen molar-refractivity contribution in [3.05, 3.63) is 35.4 Å². The Hall–Kier alpha value is -2.24. The first kappa shape index (κ1) is 10.8. The number of benzene rings is 1. The first-order valence-electron chi connectivity index (χ1n) is 3.88. The van der Waals surface area contributed by atoms with Gasteiger partial charge in [0, 0.05) is 5.56 Å². The van der Waals surface area contributed by atoms with Crippen molar-refractivity contribution in [3.8, 4) is 0 Å². The number of rotatable bonds is 3. The van der Waals surface area contributed by atoms with Crippen LogP contribution < -0.4 is 5.73 Å². The molecule has 0 bridgehead atoms. The number of carboxylic acid groups (broad SMARTS) is 1. The monoisotopic (exact) mass is 210 g/mol. The number of aromatic carboxylic acids is 1. The standard InChI is InChI=1S/C9H7FN2O3/c10-12-7(8(11)13)5-2-1-3-6(4-5)9(14)15/h1-4H,(H2,11,13)(H,14,15). The highest BCUT2D eigenvalue weighted by atomic mass is 19.2. The molecule has 0 aliphatic carbocycles. The van der Waals surface area contributed by atoms with Gasteiger partial charge in [0.2, 0.25) is 0 Å². The molecule has 0 saturated heterocycles. The number of carbonyl (C=O) groups excluding carboxylic acids is 1. The van der Waals surface area contributed by atoms with Crippen LogP contribution in [0.25, 0.3) is 0 Å². The summed E-state index contributed by atoms with van der Waals surface area (Å²) >= 11 is 0. The molecular formula is C9H7FN2O3. The summed E-state index contributed by atoms with van der Waals surface area (Å²) in [6, 6.07) is 5.14. The fourth-order valence-corrected chi connectivity index (χ4v) is 1.03. The van der Waals surface area contributed by atoms with Crippen LogP contribution in [0.2, 0.25) is 0 Å². The molecule has 15 heavy (non-hydrogen) atoms. The third-order valence-electron chi connectivity index (χ3n) is 1.70. The van der Waals surface area contributed by atoms with Crippen molar-refractivity contribution in [2.75, 3.05) is 0 Å². The van der Waals surface area contributed by atoms with Gasteiger partial charge < -0.3 is 10.8 Å². The average Bonchev–Trinajstić information content (AvgIpc) is 2.18. The smallest absolute Gasteiger partial charge is 0.335 e. The van der Waals surface area contributed by atoms with Crippen molar-refractivity contribution < 1.29 is 19.2 Å². The first-order valence-corrected chi connectivity index (χ1v) is 3.88. The molecule has 0 spiro atoms. The molecule has 0 fully saturated rings. The van der Waals surface area contributed by atoms with Crippen molar-refractivity contribution in [1.29, 1.82) is 0 Å². The van der Waals surface area contributed by atoms with E-state index in [4.69, 9.17) is 10.8 Å².